The lowest BCUT2D eigenvalue weighted by molar-refractivity contribution is 0.0692. The molecule has 0 heterocycles. The number of hydrogen-bond donors (Lipinski definition) is 3. The number of aromatic carboxylic acids is 1. The number of hydrogen-bond acceptors (Lipinski definition) is 4. The highest BCUT2D eigenvalue weighted by atomic mass is 16.4. The van der Waals surface area contributed by atoms with Crippen LogP contribution < -0.4 is 10.6 Å². The average Bonchev–Trinajstić information content (AvgIpc) is 2.75. The van der Waals surface area contributed by atoms with Crippen molar-refractivity contribution in [2.45, 2.75) is 13.3 Å². The predicted octanol–water partition coefficient (Wildman–Crippen LogP) is 4.47. The molecule has 0 atom stereocenters. The molecule has 0 aromatic heterocycles. The zero-order valence-corrected chi connectivity index (χ0v) is 16.7. The van der Waals surface area contributed by atoms with E-state index in [1.807, 2.05) is 31.3 Å². The standard InChI is InChI=1S/C24H22N2O4/c1-15(27)18-7-12-21(24(29)30)22(14-18)23(28)26-20-10-5-17(6-11-20)13-16-3-8-19(25-2)9-4-16/h3-12,14,25H,13H2,1-2H3,(H,26,28)(H,29,30). The largest absolute Gasteiger partial charge is 0.478 e. The molecule has 0 saturated heterocycles. The van der Waals surface area contributed by atoms with Gasteiger partial charge in [-0.3, -0.25) is 9.59 Å². The summed E-state index contributed by atoms with van der Waals surface area (Å²) >= 11 is 0. The molecule has 0 aliphatic rings. The normalized spacial score (nSPS) is 10.3. The van der Waals surface area contributed by atoms with E-state index in [2.05, 4.69) is 22.8 Å². The molecule has 30 heavy (non-hydrogen) atoms. The predicted molar refractivity (Wildman–Crippen MR) is 117 cm³/mol. The van der Waals surface area contributed by atoms with Crippen LogP contribution in [0.15, 0.2) is 66.7 Å². The summed E-state index contributed by atoms with van der Waals surface area (Å²) in [7, 11) is 1.87. The van der Waals surface area contributed by atoms with Crippen molar-refractivity contribution in [3.05, 3.63) is 94.5 Å². The van der Waals surface area contributed by atoms with Crippen molar-refractivity contribution in [1.82, 2.24) is 0 Å². The van der Waals surface area contributed by atoms with Crippen LogP contribution in [-0.4, -0.2) is 29.8 Å². The molecule has 3 N–H and O–H groups in total. The van der Waals surface area contributed by atoms with Crippen LogP contribution in [-0.2, 0) is 6.42 Å². The van der Waals surface area contributed by atoms with Gasteiger partial charge in [0.2, 0.25) is 0 Å². The molecule has 1 amide bonds. The number of ketones is 1. The van der Waals surface area contributed by atoms with Crippen molar-refractivity contribution in [2.24, 2.45) is 0 Å². The van der Waals surface area contributed by atoms with Crippen LogP contribution in [0.25, 0.3) is 0 Å². The second-order valence-electron chi connectivity index (χ2n) is 6.90. The van der Waals surface area contributed by atoms with E-state index in [-0.39, 0.29) is 22.5 Å². The van der Waals surface area contributed by atoms with Crippen LogP contribution in [0, 0.1) is 0 Å². The molecular formula is C24H22N2O4. The number of benzene rings is 3. The molecule has 6 heteroatoms. The fourth-order valence-corrected chi connectivity index (χ4v) is 3.07. The van der Waals surface area contributed by atoms with Gasteiger partial charge in [0, 0.05) is 24.0 Å². The van der Waals surface area contributed by atoms with Crippen molar-refractivity contribution in [3.8, 4) is 0 Å². The van der Waals surface area contributed by atoms with E-state index >= 15 is 0 Å². The van der Waals surface area contributed by atoms with Gasteiger partial charge in [-0.05, 0) is 60.9 Å². The van der Waals surface area contributed by atoms with Crippen LogP contribution >= 0.6 is 0 Å². The minimum atomic E-state index is -1.23. The average molecular weight is 402 g/mol. The van der Waals surface area contributed by atoms with Gasteiger partial charge < -0.3 is 15.7 Å². The topological polar surface area (TPSA) is 95.5 Å². The van der Waals surface area contributed by atoms with Gasteiger partial charge in [-0.1, -0.05) is 30.3 Å². The summed E-state index contributed by atoms with van der Waals surface area (Å²) in [6, 6.07) is 19.5. The first-order valence-electron chi connectivity index (χ1n) is 9.42. The quantitative estimate of drug-likeness (QED) is 0.507. The molecule has 6 nitrogen and oxygen atoms in total. The van der Waals surface area contributed by atoms with Gasteiger partial charge in [-0.15, -0.1) is 0 Å². The lowest BCUT2D eigenvalue weighted by Gasteiger charge is -2.10. The molecule has 3 aromatic rings. The monoisotopic (exact) mass is 402 g/mol. The molecule has 0 bridgehead atoms. The van der Waals surface area contributed by atoms with Gasteiger partial charge in [0.05, 0.1) is 11.1 Å². The van der Waals surface area contributed by atoms with Gasteiger partial charge in [0.1, 0.15) is 0 Å². The fourth-order valence-electron chi connectivity index (χ4n) is 3.07. The lowest BCUT2D eigenvalue weighted by Crippen LogP contribution is -2.17. The molecule has 0 spiro atoms. The number of carbonyl (C=O) groups excluding carboxylic acids is 2. The maximum Gasteiger partial charge on any atom is 0.336 e. The molecule has 0 aliphatic carbocycles. The van der Waals surface area contributed by atoms with Gasteiger partial charge in [0.15, 0.2) is 5.78 Å². The second kappa shape index (κ2) is 9.05. The molecule has 0 fully saturated rings. The number of carbonyl (C=O) groups is 3. The number of anilines is 2. The minimum absolute atomic E-state index is 0.0519. The first-order valence-corrected chi connectivity index (χ1v) is 9.42. The molecule has 152 valence electrons. The smallest absolute Gasteiger partial charge is 0.336 e. The number of nitrogens with one attached hydrogen (secondary N) is 2. The molecule has 0 saturated carbocycles. The molecule has 0 radical (unpaired) electrons. The van der Waals surface area contributed by atoms with Gasteiger partial charge in [-0.25, -0.2) is 4.79 Å². The lowest BCUT2D eigenvalue weighted by atomic mass is 10.0. The highest BCUT2D eigenvalue weighted by Gasteiger charge is 2.18. The minimum Gasteiger partial charge on any atom is -0.478 e. The molecular weight excluding hydrogens is 380 g/mol. The SMILES string of the molecule is CNc1ccc(Cc2ccc(NC(=O)c3cc(C(C)=O)ccc3C(=O)O)cc2)cc1. The Balaban J connectivity index is 1.75. The third-order valence-corrected chi connectivity index (χ3v) is 4.76. The summed E-state index contributed by atoms with van der Waals surface area (Å²) in [4.78, 5) is 35.7. The van der Waals surface area contributed by atoms with Gasteiger partial charge >= 0.3 is 5.97 Å². The Hall–Kier alpha value is -3.93. The Labute approximate surface area is 174 Å². The van der Waals surface area contributed by atoms with Crippen LogP contribution in [0.1, 0.15) is 49.1 Å². The Morgan fingerprint density at radius 3 is 1.87 bits per heavy atom. The number of carboxylic acids is 1. The maximum absolute atomic E-state index is 12.7. The van der Waals surface area contributed by atoms with E-state index in [0.29, 0.717) is 5.69 Å². The molecule has 3 aromatic carbocycles. The van der Waals surface area contributed by atoms with Gasteiger partial charge in [0.25, 0.3) is 5.91 Å². The highest BCUT2D eigenvalue weighted by Crippen LogP contribution is 2.18. The van der Waals surface area contributed by atoms with Crippen molar-refractivity contribution >= 4 is 29.0 Å². The van der Waals surface area contributed by atoms with Crippen molar-refractivity contribution < 1.29 is 19.5 Å². The summed E-state index contributed by atoms with van der Waals surface area (Å²) in [6.45, 7) is 1.36. The van der Waals surface area contributed by atoms with E-state index < -0.39 is 11.9 Å². The first kappa shape index (κ1) is 20.8. The zero-order valence-electron chi connectivity index (χ0n) is 16.7. The summed E-state index contributed by atoms with van der Waals surface area (Å²) in [5.74, 6) is -2.05. The van der Waals surface area contributed by atoms with Crippen LogP contribution in [0.4, 0.5) is 11.4 Å². The van der Waals surface area contributed by atoms with E-state index in [0.717, 1.165) is 23.2 Å². The van der Waals surface area contributed by atoms with Crippen molar-refractivity contribution in [2.75, 3.05) is 17.7 Å². The Morgan fingerprint density at radius 1 is 0.800 bits per heavy atom. The maximum atomic E-state index is 12.7. The summed E-state index contributed by atoms with van der Waals surface area (Å²) in [6.07, 6.45) is 0.752. The highest BCUT2D eigenvalue weighted by molar-refractivity contribution is 6.12. The molecule has 3 rings (SSSR count). The second-order valence-corrected chi connectivity index (χ2v) is 6.90. The molecule has 0 aliphatic heterocycles. The van der Waals surface area contributed by atoms with Crippen LogP contribution in [0.2, 0.25) is 0 Å². The summed E-state index contributed by atoms with van der Waals surface area (Å²) in [5.41, 5.74) is 3.91. The van der Waals surface area contributed by atoms with E-state index in [1.165, 1.54) is 25.1 Å². The summed E-state index contributed by atoms with van der Waals surface area (Å²) < 4.78 is 0. The van der Waals surface area contributed by atoms with Crippen molar-refractivity contribution in [3.63, 3.8) is 0 Å². The number of carboxylic acid groups (broad SMARTS) is 1. The number of amides is 1. The molecule has 0 unspecified atom stereocenters. The fraction of sp³-hybridized carbons (Fsp3) is 0.125. The van der Waals surface area contributed by atoms with Gasteiger partial charge in [-0.2, -0.15) is 0 Å². The van der Waals surface area contributed by atoms with Crippen LogP contribution in [0.5, 0.6) is 0 Å². The number of Topliss-reactive ketones (excluding diaryl/α,β-unsaturated/α-hetero) is 1. The Morgan fingerprint density at radius 2 is 1.37 bits per heavy atom. The third kappa shape index (κ3) is 4.91. The van der Waals surface area contributed by atoms with E-state index in [4.69, 9.17) is 0 Å². The number of rotatable bonds is 7. The Bertz CT molecular complexity index is 1090. The Kier molecular flexibility index (Phi) is 6.27. The van der Waals surface area contributed by atoms with E-state index in [9.17, 15) is 19.5 Å². The summed E-state index contributed by atoms with van der Waals surface area (Å²) in [5, 5.41) is 15.1. The first-order chi connectivity index (χ1) is 14.4. The van der Waals surface area contributed by atoms with Crippen molar-refractivity contribution in [1.29, 1.82) is 0 Å². The zero-order chi connectivity index (χ0) is 21.7. The van der Waals surface area contributed by atoms with E-state index in [1.54, 1.807) is 12.1 Å². The van der Waals surface area contributed by atoms with Crippen LogP contribution in [0.3, 0.4) is 0 Å². The third-order valence-electron chi connectivity index (χ3n) is 4.76.